The Balaban J connectivity index is 2.89. The minimum Gasteiger partial charge on any atom is -0.467 e. The van der Waals surface area contributed by atoms with E-state index in [4.69, 9.17) is 9.47 Å². The summed E-state index contributed by atoms with van der Waals surface area (Å²) in [4.78, 5) is 36.6. The van der Waals surface area contributed by atoms with Gasteiger partial charge in [-0.25, -0.2) is 4.79 Å². The first-order valence-electron chi connectivity index (χ1n) is 8.95. The van der Waals surface area contributed by atoms with Gasteiger partial charge in [0.05, 0.1) is 26.1 Å². The third kappa shape index (κ3) is 7.68. The standard InChI is InChI=1S/C20H29NO5/c1-5-26-18(22)13-16(12-15-9-7-6-8-10-15)19(23)21-17(11-14(2)3)20(24)25-4/h6-10,14,16-17H,5,11-13H2,1-4H3,(H,21,23)/t16?,17-/m0/s1. The number of ether oxygens (including phenoxy) is 2. The van der Waals surface area contributed by atoms with E-state index >= 15 is 0 Å². The molecule has 0 aliphatic carbocycles. The molecule has 0 bridgehead atoms. The molecule has 1 aromatic rings. The van der Waals surface area contributed by atoms with Crippen molar-refractivity contribution >= 4 is 17.8 Å². The number of hydrogen-bond donors (Lipinski definition) is 1. The predicted octanol–water partition coefficient (Wildman–Crippen LogP) is 2.50. The van der Waals surface area contributed by atoms with Crippen molar-refractivity contribution in [2.24, 2.45) is 11.8 Å². The molecule has 0 fully saturated rings. The molecule has 0 radical (unpaired) electrons. The zero-order chi connectivity index (χ0) is 19.5. The van der Waals surface area contributed by atoms with Crippen LogP contribution in [0.4, 0.5) is 0 Å². The van der Waals surface area contributed by atoms with Crippen LogP contribution in [0.3, 0.4) is 0 Å². The van der Waals surface area contributed by atoms with Crippen molar-refractivity contribution in [1.29, 1.82) is 0 Å². The number of amides is 1. The lowest BCUT2D eigenvalue weighted by Gasteiger charge is -2.22. The minimum atomic E-state index is -0.729. The maximum absolute atomic E-state index is 12.8. The summed E-state index contributed by atoms with van der Waals surface area (Å²) in [6, 6.07) is 8.72. The van der Waals surface area contributed by atoms with E-state index in [0.29, 0.717) is 12.8 Å². The van der Waals surface area contributed by atoms with Gasteiger partial charge in [-0.1, -0.05) is 44.2 Å². The molecular formula is C20H29NO5. The van der Waals surface area contributed by atoms with Crippen LogP contribution in [0.2, 0.25) is 0 Å². The molecule has 0 aliphatic rings. The molecule has 0 saturated carbocycles. The lowest BCUT2D eigenvalue weighted by molar-refractivity contribution is -0.148. The molecule has 144 valence electrons. The van der Waals surface area contributed by atoms with E-state index in [1.54, 1.807) is 6.92 Å². The molecule has 1 rings (SSSR count). The predicted molar refractivity (Wildman–Crippen MR) is 98.3 cm³/mol. The van der Waals surface area contributed by atoms with Gasteiger partial charge < -0.3 is 14.8 Å². The third-order valence-corrected chi connectivity index (χ3v) is 3.92. The van der Waals surface area contributed by atoms with Gasteiger partial charge in [-0.15, -0.1) is 0 Å². The third-order valence-electron chi connectivity index (χ3n) is 3.92. The van der Waals surface area contributed by atoms with Gasteiger partial charge >= 0.3 is 11.9 Å². The first kappa shape index (κ1) is 21.7. The first-order valence-corrected chi connectivity index (χ1v) is 8.95. The second kappa shape index (κ2) is 11.3. The fraction of sp³-hybridized carbons (Fsp3) is 0.550. The summed E-state index contributed by atoms with van der Waals surface area (Å²) in [6.45, 7) is 5.90. The SMILES string of the molecule is CCOC(=O)CC(Cc1ccccc1)C(=O)N[C@@H](CC(C)C)C(=O)OC. The van der Waals surface area contributed by atoms with Crippen LogP contribution in [0.15, 0.2) is 30.3 Å². The van der Waals surface area contributed by atoms with Crippen LogP contribution >= 0.6 is 0 Å². The Bertz CT molecular complexity index is 585. The maximum Gasteiger partial charge on any atom is 0.328 e. The van der Waals surface area contributed by atoms with Crippen molar-refractivity contribution in [3.05, 3.63) is 35.9 Å². The number of carbonyl (C=O) groups excluding carboxylic acids is 3. The molecular weight excluding hydrogens is 334 g/mol. The van der Waals surface area contributed by atoms with E-state index < -0.39 is 23.9 Å². The summed E-state index contributed by atoms with van der Waals surface area (Å²) >= 11 is 0. The maximum atomic E-state index is 12.8. The molecule has 2 atom stereocenters. The van der Waals surface area contributed by atoms with Crippen LogP contribution in [0.25, 0.3) is 0 Å². The smallest absolute Gasteiger partial charge is 0.328 e. The quantitative estimate of drug-likeness (QED) is 0.646. The van der Waals surface area contributed by atoms with Crippen LogP contribution in [-0.4, -0.2) is 37.6 Å². The summed E-state index contributed by atoms with van der Waals surface area (Å²) in [7, 11) is 1.29. The molecule has 0 aromatic heterocycles. The molecule has 0 spiro atoms. The summed E-state index contributed by atoms with van der Waals surface area (Å²) in [6.07, 6.45) is 0.821. The number of hydrogen-bond acceptors (Lipinski definition) is 5. The van der Waals surface area contributed by atoms with E-state index in [1.807, 2.05) is 44.2 Å². The van der Waals surface area contributed by atoms with Gasteiger partial charge in [0.2, 0.25) is 5.91 Å². The Morgan fingerprint density at radius 1 is 1.12 bits per heavy atom. The van der Waals surface area contributed by atoms with E-state index in [0.717, 1.165) is 5.56 Å². The summed E-state index contributed by atoms with van der Waals surface area (Å²) < 4.78 is 9.77. The normalized spacial score (nSPS) is 13.0. The summed E-state index contributed by atoms with van der Waals surface area (Å²) in [5, 5.41) is 2.75. The van der Waals surface area contributed by atoms with Crippen molar-refractivity contribution in [1.82, 2.24) is 5.32 Å². The highest BCUT2D eigenvalue weighted by Gasteiger charge is 2.28. The lowest BCUT2D eigenvalue weighted by Crippen LogP contribution is -2.45. The average Bonchev–Trinajstić information content (AvgIpc) is 2.60. The Labute approximate surface area is 155 Å². The van der Waals surface area contributed by atoms with Crippen LogP contribution in [0.1, 0.15) is 39.2 Å². The summed E-state index contributed by atoms with van der Waals surface area (Å²) in [5.74, 6) is -1.67. The fourth-order valence-electron chi connectivity index (χ4n) is 2.69. The zero-order valence-electron chi connectivity index (χ0n) is 16.0. The molecule has 1 aromatic carbocycles. The lowest BCUT2D eigenvalue weighted by atomic mass is 9.94. The Kier molecular flexibility index (Phi) is 9.41. The van der Waals surface area contributed by atoms with Gasteiger partial charge in [-0.05, 0) is 31.2 Å². The molecule has 26 heavy (non-hydrogen) atoms. The zero-order valence-corrected chi connectivity index (χ0v) is 16.0. The molecule has 1 unspecified atom stereocenters. The highest BCUT2D eigenvalue weighted by Crippen LogP contribution is 2.15. The van der Waals surface area contributed by atoms with Gasteiger partial charge in [0.25, 0.3) is 0 Å². The van der Waals surface area contributed by atoms with Gasteiger partial charge in [0, 0.05) is 0 Å². The van der Waals surface area contributed by atoms with E-state index in [9.17, 15) is 14.4 Å². The summed E-state index contributed by atoms with van der Waals surface area (Å²) in [5.41, 5.74) is 0.940. The van der Waals surface area contributed by atoms with Crippen molar-refractivity contribution < 1.29 is 23.9 Å². The van der Waals surface area contributed by atoms with E-state index in [2.05, 4.69) is 5.32 Å². The minimum absolute atomic E-state index is 0.0376. The highest BCUT2D eigenvalue weighted by molar-refractivity contribution is 5.88. The van der Waals surface area contributed by atoms with Crippen LogP contribution in [0, 0.1) is 11.8 Å². The van der Waals surface area contributed by atoms with Crippen molar-refractivity contribution in [2.75, 3.05) is 13.7 Å². The number of carbonyl (C=O) groups is 3. The fourth-order valence-corrected chi connectivity index (χ4v) is 2.69. The average molecular weight is 363 g/mol. The van der Waals surface area contributed by atoms with Crippen molar-refractivity contribution in [3.63, 3.8) is 0 Å². The van der Waals surface area contributed by atoms with Crippen molar-refractivity contribution in [3.8, 4) is 0 Å². The Hall–Kier alpha value is -2.37. The number of nitrogens with one attached hydrogen (secondary N) is 1. The second-order valence-corrected chi connectivity index (χ2v) is 6.61. The number of benzene rings is 1. The Morgan fingerprint density at radius 2 is 1.77 bits per heavy atom. The van der Waals surface area contributed by atoms with Crippen molar-refractivity contribution in [2.45, 2.75) is 46.1 Å². The molecule has 6 heteroatoms. The van der Waals surface area contributed by atoms with Crippen LogP contribution in [-0.2, 0) is 30.3 Å². The highest BCUT2D eigenvalue weighted by atomic mass is 16.5. The van der Waals surface area contributed by atoms with E-state index in [-0.39, 0.29) is 24.9 Å². The first-order chi connectivity index (χ1) is 12.4. The largest absolute Gasteiger partial charge is 0.467 e. The molecule has 0 aliphatic heterocycles. The molecule has 6 nitrogen and oxygen atoms in total. The molecule has 0 saturated heterocycles. The van der Waals surface area contributed by atoms with Gasteiger partial charge in [-0.2, -0.15) is 0 Å². The van der Waals surface area contributed by atoms with E-state index in [1.165, 1.54) is 7.11 Å². The van der Waals surface area contributed by atoms with Gasteiger partial charge in [0.15, 0.2) is 0 Å². The molecule has 1 N–H and O–H groups in total. The monoisotopic (exact) mass is 363 g/mol. The molecule has 0 heterocycles. The second-order valence-electron chi connectivity index (χ2n) is 6.61. The molecule has 1 amide bonds. The number of methoxy groups -OCH3 is 1. The van der Waals surface area contributed by atoms with Crippen LogP contribution in [0.5, 0.6) is 0 Å². The topological polar surface area (TPSA) is 81.7 Å². The Morgan fingerprint density at radius 3 is 2.31 bits per heavy atom. The van der Waals surface area contributed by atoms with Crippen LogP contribution < -0.4 is 5.32 Å². The number of rotatable bonds is 10. The van der Waals surface area contributed by atoms with Gasteiger partial charge in [-0.3, -0.25) is 9.59 Å². The van der Waals surface area contributed by atoms with Gasteiger partial charge in [0.1, 0.15) is 6.04 Å². The number of esters is 2.